The minimum Gasteiger partial charge on any atom is -0.493 e. The number of para-hydroxylation sites is 1. The van der Waals surface area contributed by atoms with Crippen LogP contribution in [0.15, 0.2) is 94.7 Å². The summed E-state index contributed by atoms with van der Waals surface area (Å²) in [5.74, 6) is -3.60. The highest BCUT2D eigenvalue weighted by molar-refractivity contribution is 8.00. The number of nitrogens with zero attached hydrogens (tertiary/aromatic N) is 1. The molecule has 1 aromatic heterocycles. The Balaban J connectivity index is 1.19. The molecule has 0 bridgehead atoms. The van der Waals surface area contributed by atoms with Crippen molar-refractivity contribution in [1.29, 1.82) is 0 Å². The molecule has 1 saturated heterocycles. The summed E-state index contributed by atoms with van der Waals surface area (Å²) in [4.78, 5) is 56.4. The van der Waals surface area contributed by atoms with Crippen molar-refractivity contribution >= 4 is 63.0 Å². The van der Waals surface area contributed by atoms with Crippen LogP contribution in [-0.4, -0.2) is 41.7 Å². The minimum atomic E-state index is -4.81. The maximum Gasteiger partial charge on any atom is 0.418 e. The molecule has 0 radical (unpaired) electrons. The lowest BCUT2D eigenvalue weighted by Gasteiger charge is -2.30. The number of H-pyrrole nitrogens is 1. The SMILES string of the molecule is COc1cc([C@H]2c3sc(=O)[nH]c3SC3C(=O)N(c4ccccc4C(F)(F)F)C(=O)C32)ccc1OCC(=O)Nc1cccc2ccccc12. The molecule has 5 aromatic rings. The number of rotatable bonds is 7. The Labute approximate surface area is 278 Å². The molecule has 2 N–H and O–H groups in total. The van der Waals surface area contributed by atoms with Crippen LogP contribution < -0.4 is 24.6 Å². The number of aromatic nitrogens is 1. The van der Waals surface area contributed by atoms with Crippen molar-refractivity contribution in [2.75, 3.05) is 23.9 Å². The molecule has 3 atom stereocenters. The number of hydrogen-bond acceptors (Lipinski definition) is 8. The fraction of sp³-hybridized carbons (Fsp3) is 0.176. The van der Waals surface area contributed by atoms with E-state index in [4.69, 9.17) is 9.47 Å². The summed E-state index contributed by atoms with van der Waals surface area (Å²) in [6.45, 7) is -0.353. The zero-order valence-corrected chi connectivity index (χ0v) is 26.5. The first kappa shape index (κ1) is 31.5. The van der Waals surface area contributed by atoms with Crippen molar-refractivity contribution in [1.82, 2.24) is 4.98 Å². The number of thioether (sulfide) groups is 1. The normalized spacial score (nSPS) is 18.8. The Morgan fingerprint density at radius 1 is 0.938 bits per heavy atom. The summed E-state index contributed by atoms with van der Waals surface area (Å²) in [5, 5.41) is 3.95. The molecular formula is C34H24F3N3O6S2. The third kappa shape index (κ3) is 5.50. The number of halogens is 3. The van der Waals surface area contributed by atoms with Gasteiger partial charge in [0.15, 0.2) is 18.1 Å². The fourth-order valence-electron chi connectivity index (χ4n) is 6.18. The average Bonchev–Trinajstić information content (AvgIpc) is 3.57. The van der Waals surface area contributed by atoms with Crippen LogP contribution in [0.3, 0.4) is 0 Å². The molecule has 2 aliphatic rings. The molecular weight excluding hydrogens is 668 g/mol. The van der Waals surface area contributed by atoms with Gasteiger partial charge in [0.05, 0.1) is 29.3 Å². The van der Waals surface area contributed by atoms with Gasteiger partial charge in [-0.3, -0.25) is 19.2 Å². The maximum atomic E-state index is 14.0. The van der Waals surface area contributed by atoms with Crippen LogP contribution in [-0.2, 0) is 20.6 Å². The standard InChI is InChI=1S/C34H24F3N3O6S2/c1-45-24-15-18(13-14-23(24)46-16-25(41)38-21-11-6-8-17-7-2-3-9-19(17)21)26-27-29(47-30-28(26)48-33(44)39-30)32(43)40(31(27)42)22-12-5-4-10-20(22)34(35,36)37/h2-15,26-27,29H,16H2,1H3,(H,38,41)(H,39,44)/t26-,27?,29?/m1/s1. The molecule has 244 valence electrons. The zero-order chi connectivity index (χ0) is 33.7. The number of hydrogen-bond donors (Lipinski definition) is 2. The van der Waals surface area contributed by atoms with E-state index in [9.17, 15) is 32.3 Å². The van der Waals surface area contributed by atoms with Gasteiger partial charge >= 0.3 is 11.0 Å². The molecule has 9 nitrogen and oxygen atoms in total. The van der Waals surface area contributed by atoms with Crippen molar-refractivity contribution in [3.8, 4) is 11.5 Å². The van der Waals surface area contributed by atoms with E-state index >= 15 is 0 Å². The molecule has 0 aliphatic carbocycles. The van der Waals surface area contributed by atoms with Crippen molar-refractivity contribution < 1.29 is 37.0 Å². The zero-order valence-electron chi connectivity index (χ0n) is 24.9. The van der Waals surface area contributed by atoms with E-state index in [-0.39, 0.29) is 18.1 Å². The van der Waals surface area contributed by atoms with Gasteiger partial charge in [0.1, 0.15) is 5.25 Å². The topological polar surface area (TPSA) is 118 Å². The number of carbonyl (C=O) groups excluding carboxylic acids is 3. The third-order valence-corrected chi connectivity index (χ3v) is 10.6. The first-order valence-electron chi connectivity index (χ1n) is 14.6. The van der Waals surface area contributed by atoms with E-state index < -0.39 is 57.1 Å². The Hall–Kier alpha value is -5.08. The van der Waals surface area contributed by atoms with Gasteiger partial charge in [-0.1, -0.05) is 77.7 Å². The Morgan fingerprint density at radius 2 is 1.69 bits per heavy atom. The number of aromatic amines is 1. The smallest absolute Gasteiger partial charge is 0.418 e. The summed E-state index contributed by atoms with van der Waals surface area (Å²) < 4.78 is 53.2. The molecule has 7 rings (SSSR count). The number of thiazole rings is 1. The molecule has 0 spiro atoms. The van der Waals surface area contributed by atoms with E-state index in [0.717, 1.165) is 46.0 Å². The molecule has 14 heteroatoms. The summed E-state index contributed by atoms with van der Waals surface area (Å²) in [7, 11) is 1.39. The van der Waals surface area contributed by atoms with Crippen LogP contribution >= 0.6 is 23.1 Å². The van der Waals surface area contributed by atoms with Gasteiger partial charge in [0, 0.05) is 21.9 Å². The lowest BCUT2D eigenvalue weighted by Crippen LogP contribution is -2.33. The van der Waals surface area contributed by atoms with Crippen LogP contribution in [0.5, 0.6) is 11.5 Å². The van der Waals surface area contributed by atoms with Crippen LogP contribution in [0.2, 0.25) is 0 Å². The van der Waals surface area contributed by atoms with E-state index in [1.54, 1.807) is 24.3 Å². The Bertz CT molecular complexity index is 2160. The molecule has 4 aromatic carbocycles. The van der Waals surface area contributed by atoms with Gasteiger partial charge in [-0.15, -0.1) is 0 Å². The molecule has 0 saturated carbocycles. The molecule has 2 unspecified atom stereocenters. The maximum absolute atomic E-state index is 14.0. The Morgan fingerprint density at radius 3 is 2.48 bits per heavy atom. The summed E-state index contributed by atoms with van der Waals surface area (Å²) in [5.41, 5.74) is -0.563. The largest absolute Gasteiger partial charge is 0.493 e. The second-order valence-electron chi connectivity index (χ2n) is 11.1. The van der Waals surface area contributed by atoms with Crippen LogP contribution in [0.1, 0.15) is 21.9 Å². The highest BCUT2D eigenvalue weighted by Gasteiger charge is 2.57. The number of imide groups is 1. The van der Waals surface area contributed by atoms with Crippen LogP contribution in [0, 0.1) is 5.92 Å². The van der Waals surface area contributed by atoms with Gasteiger partial charge in [0.25, 0.3) is 5.91 Å². The van der Waals surface area contributed by atoms with Crippen molar-refractivity contribution in [3.05, 3.63) is 111 Å². The highest BCUT2D eigenvalue weighted by atomic mass is 32.2. The van der Waals surface area contributed by atoms with Gasteiger partial charge in [-0.05, 0) is 41.3 Å². The van der Waals surface area contributed by atoms with Gasteiger partial charge in [0.2, 0.25) is 11.8 Å². The second kappa shape index (κ2) is 12.2. The predicted molar refractivity (Wildman–Crippen MR) is 175 cm³/mol. The summed E-state index contributed by atoms with van der Waals surface area (Å²) >= 11 is 1.82. The Kier molecular flexibility index (Phi) is 8.00. The summed E-state index contributed by atoms with van der Waals surface area (Å²) in [6.07, 6.45) is -4.81. The van der Waals surface area contributed by atoms with Crippen LogP contribution in [0.25, 0.3) is 10.8 Å². The van der Waals surface area contributed by atoms with Gasteiger partial charge in [-0.2, -0.15) is 13.2 Å². The fourth-order valence-corrected chi connectivity index (χ4v) is 8.70. The van der Waals surface area contributed by atoms with E-state index in [1.807, 2.05) is 36.4 Å². The molecule has 2 aliphatic heterocycles. The molecule has 3 heterocycles. The number of benzene rings is 4. The third-order valence-electron chi connectivity index (χ3n) is 8.24. The minimum absolute atomic E-state index is 0.209. The second-order valence-corrected chi connectivity index (χ2v) is 13.2. The molecule has 3 amide bonds. The summed E-state index contributed by atoms with van der Waals surface area (Å²) in [6, 6.07) is 22.3. The number of amides is 3. The monoisotopic (exact) mass is 691 g/mol. The predicted octanol–water partition coefficient (Wildman–Crippen LogP) is 6.43. The number of carbonyl (C=O) groups is 3. The number of anilines is 2. The number of fused-ring (bicyclic) bond motifs is 3. The average molecular weight is 692 g/mol. The van der Waals surface area contributed by atoms with E-state index in [0.29, 0.717) is 26.1 Å². The lowest BCUT2D eigenvalue weighted by atomic mass is 9.83. The van der Waals surface area contributed by atoms with Crippen molar-refractivity contribution in [2.24, 2.45) is 5.92 Å². The number of nitrogens with one attached hydrogen (secondary N) is 2. The quantitative estimate of drug-likeness (QED) is 0.189. The number of methoxy groups -OCH3 is 1. The van der Waals surface area contributed by atoms with Crippen molar-refractivity contribution in [3.63, 3.8) is 0 Å². The van der Waals surface area contributed by atoms with Gasteiger partial charge in [-0.25, -0.2) is 4.90 Å². The van der Waals surface area contributed by atoms with Crippen LogP contribution in [0.4, 0.5) is 24.5 Å². The first-order chi connectivity index (χ1) is 23.0. The lowest BCUT2D eigenvalue weighted by molar-refractivity contribution is -0.137. The van der Waals surface area contributed by atoms with Crippen molar-refractivity contribution in [2.45, 2.75) is 22.4 Å². The van der Waals surface area contributed by atoms with E-state index in [1.165, 1.54) is 19.2 Å². The molecule has 48 heavy (non-hydrogen) atoms. The van der Waals surface area contributed by atoms with Gasteiger partial charge < -0.3 is 19.8 Å². The number of alkyl halides is 3. The first-order valence-corrected chi connectivity index (χ1v) is 16.3. The number of ether oxygens (including phenoxy) is 2. The van der Waals surface area contributed by atoms with E-state index in [2.05, 4.69) is 10.3 Å². The molecule has 1 fully saturated rings. The highest BCUT2D eigenvalue weighted by Crippen LogP contribution is 2.54.